The van der Waals surface area contributed by atoms with Gasteiger partial charge in [0.2, 0.25) is 11.8 Å². The Balaban J connectivity index is 1.71. The molecule has 0 spiro atoms. The van der Waals surface area contributed by atoms with E-state index in [2.05, 4.69) is 10.6 Å². The van der Waals surface area contributed by atoms with E-state index in [0.717, 1.165) is 5.56 Å². The molecule has 146 valence electrons. The molecule has 3 aromatic rings. The molecule has 3 aromatic carbocycles. The average molecular weight is 387 g/mol. The second-order valence-corrected chi connectivity index (χ2v) is 6.50. The van der Waals surface area contributed by atoms with Crippen LogP contribution in [0.1, 0.15) is 38.7 Å². The van der Waals surface area contributed by atoms with Gasteiger partial charge in [0.1, 0.15) is 0 Å². The number of anilines is 1. The van der Waals surface area contributed by atoms with Crippen LogP contribution in [0.3, 0.4) is 0 Å². The number of hydrogen-bond donors (Lipinski definition) is 3. The molecule has 3 rings (SSSR count). The molecule has 29 heavy (non-hydrogen) atoms. The number of nitrogens with two attached hydrogens (primary N) is 1. The van der Waals surface area contributed by atoms with Gasteiger partial charge in [0.15, 0.2) is 0 Å². The molecule has 0 bridgehead atoms. The number of carbonyl (C=O) groups is 3. The van der Waals surface area contributed by atoms with E-state index in [1.807, 2.05) is 36.4 Å². The van der Waals surface area contributed by atoms with E-state index in [-0.39, 0.29) is 18.2 Å². The Kier molecular flexibility index (Phi) is 6.37. The molecule has 0 aliphatic rings. The van der Waals surface area contributed by atoms with Crippen molar-refractivity contribution in [3.63, 3.8) is 0 Å². The summed E-state index contributed by atoms with van der Waals surface area (Å²) in [5.41, 5.74) is 7.48. The van der Waals surface area contributed by atoms with Crippen LogP contribution in [0.4, 0.5) is 5.69 Å². The zero-order chi connectivity index (χ0) is 20.6. The van der Waals surface area contributed by atoms with Crippen LogP contribution in [0.15, 0.2) is 84.9 Å². The van der Waals surface area contributed by atoms with Crippen molar-refractivity contribution in [1.29, 1.82) is 0 Å². The zero-order valence-electron chi connectivity index (χ0n) is 15.7. The molecule has 6 nitrogen and oxygen atoms in total. The molecule has 0 unspecified atom stereocenters. The summed E-state index contributed by atoms with van der Waals surface area (Å²) in [5.74, 6) is -1.05. The molecular formula is C23H21N3O3. The Bertz CT molecular complexity index is 987. The summed E-state index contributed by atoms with van der Waals surface area (Å²) in [5, 5.41) is 5.71. The summed E-state index contributed by atoms with van der Waals surface area (Å²) < 4.78 is 0. The molecular weight excluding hydrogens is 366 g/mol. The van der Waals surface area contributed by atoms with Gasteiger partial charge in [0.25, 0.3) is 5.91 Å². The van der Waals surface area contributed by atoms with Crippen molar-refractivity contribution in [3.8, 4) is 0 Å². The molecule has 0 heterocycles. The van der Waals surface area contributed by atoms with Crippen LogP contribution >= 0.6 is 0 Å². The van der Waals surface area contributed by atoms with E-state index < -0.39 is 11.9 Å². The molecule has 0 aromatic heterocycles. The predicted octanol–water partition coefficient (Wildman–Crippen LogP) is 3.29. The first-order valence-electron chi connectivity index (χ1n) is 9.13. The Labute approximate surface area is 168 Å². The highest BCUT2D eigenvalue weighted by Gasteiger charge is 2.19. The normalized spacial score (nSPS) is 11.3. The van der Waals surface area contributed by atoms with Gasteiger partial charge >= 0.3 is 0 Å². The van der Waals surface area contributed by atoms with E-state index in [1.54, 1.807) is 48.5 Å². The van der Waals surface area contributed by atoms with Crippen molar-refractivity contribution in [2.75, 3.05) is 5.32 Å². The van der Waals surface area contributed by atoms with Crippen molar-refractivity contribution in [2.45, 2.75) is 12.5 Å². The third-order valence-corrected chi connectivity index (χ3v) is 4.39. The third kappa shape index (κ3) is 5.52. The maximum absolute atomic E-state index is 12.6. The molecule has 0 aliphatic carbocycles. The summed E-state index contributed by atoms with van der Waals surface area (Å²) in [6, 6.07) is 24.0. The smallest absolute Gasteiger partial charge is 0.251 e. The van der Waals surface area contributed by atoms with Gasteiger partial charge in [-0.1, -0.05) is 48.5 Å². The number of rotatable bonds is 7. The fourth-order valence-electron chi connectivity index (χ4n) is 2.88. The highest BCUT2D eigenvalue weighted by atomic mass is 16.2. The van der Waals surface area contributed by atoms with Gasteiger partial charge in [0, 0.05) is 16.8 Å². The van der Waals surface area contributed by atoms with Gasteiger partial charge in [-0.2, -0.15) is 0 Å². The molecule has 0 radical (unpaired) electrons. The summed E-state index contributed by atoms with van der Waals surface area (Å²) >= 11 is 0. The predicted molar refractivity (Wildman–Crippen MR) is 111 cm³/mol. The second kappa shape index (κ2) is 9.32. The first-order valence-corrected chi connectivity index (χ1v) is 9.13. The van der Waals surface area contributed by atoms with Gasteiger partial charge in [0.05, 0.1) is 12.5 Å². The standard InChI is InChI=1S/C23H21N3O3/c24-22(28)17-11-13-19(14-12-17)25-21(27)15-20(16-7-3-1-4-8-16)26-23(29)18-9-5-2-6-10-18/h1-14,20H,15H2,(H2,24,28)(H,25,27)(H,26,29)/t20-/m1/s1. The highest BCUT2D eigenvalue weighted by Crippen LogP contribution is 2.19. The van der Waals surface area contributed by atoms with E-state index in [1.165, 1.54) is 0 Å². The quantitative estimate of drug-likeness (QED) is 0.580. The molecule has 6 heteroatoms. The summed E-state index contributed by atoms with van der Waals surface area (Å²) in [7, 11) is 0. The fourth-order valence-corrected chi connectivity index (χ4v) is 2.88. The molecule has 1 atom stereocenters. The lowest BCUT2D eigenvalue weighted by Crippen LogP contribution is -2.31. The second-order valence-electron chi connectivity index (χ2n) is 6.50. The first-order chi connectivity index (χ1) is 14.0. The van der Waals surface area contributed by atoms with Crippen molar-refractivity contribution >= 4 is 23.4 Å². The van der Waals surface area contributed by atoms with Crippen molar-refractivity contribution in [1.82, 2.24) is 5.32 Å². The summed E-state index contributed by atoms with van der Waals surface area (Å²) in [6.07, 6.45) is 0.0557. The van der Waals surface area contributed by atoms with Crippen LogP contribution in [0.2, 0.25) is 0 Å². The van der Waals surface area contributed by atoms with Crippen molar-refractivity contribution in [2.24, 2.45) is 5.73 Å². The van der Waals surface area contributed by atoms with Crippen LogP contribution in [-0.4, -0.2) is 17.7 Å². The van der Waals surface area contributed by atoms with Crippen molar-refractivity contribution < 1.29 is 14.4 Å². The summed E-state index contributed by atoms with van der Waals surface area (Å²) in [4.78, 5) is 36.3. The first kappa shape index (κ1) is 19.8. The number of hydrogen-bond acceptors (Lipinski definition) is 3. The van der Waals surface area contributed by atoms with Gasteiger partial charge in [-0.3, -0.25) is 14.4 Å². The Hall–Kier alpha value is -3.93. The van der Waals surface area contributed by atoms with Gasteiger partial charge in [-0.05, 0) is 42.0 Å². The minimum Gasteiger partial charge on any atom is -0.366 e. The Morgan fingerprint density at radius 1 is 0.759 bits per heavy atom. The van der Waals surface area contributed by atoms with Crippen LogP contribution < -0.4 is 16.4 Å². The lowest BCUT2D eigenvalue weighted by atomic mass is 10.0. The maximum Gasteiger partial charge on any atom is 0.251 e. The monoisotopic (exact) mass is 387 g/mol. The van der Waals surface area contributed by atoms with E-state index >= 15 is 0 Å². The average Bonchev–Trinajstić information content (AvgIpc) is 2.75. The van der Waals surface area contributed by atoms with E-state index in [4.69, 9.17) is 5.73 Å². The third-order valence-electron chi connectivity index (χ3n) is 4.39. The van der Waals surface area contributed by atoms with Gasteiger partial charge in [-0.15, -0.1) is 0 Å². The van der Waals surface area contributed by atoms with Crippen LogP contribution in [0, 0.1) is 0 Å². The molecule has 4 N–H and O–H groups in total. The number of carbonyl (C=O) groups excluding carboxylic acids is 3. The lowest BCUT2D eigenvalue weighted by molar-refractivity contribution is -0.116. The van der Waals surface area contributed by atoms with Gasteiger partial charge < -0.3 is 16.4 Å². The largest absolute Gasteiger partial charge is 0.366 e. The van der Waals surface area contributed by atoms with Gasteiger partial charge in [-0.25, -0.2) is 0 Å². The molecule has 0 saturated carbocycles. The van der Waals surface area contributed by atoms with E-state index in [9.17, 15) is 14.4 Å². The molecule has 0 saturated heterocycles. The lowest BCUT2D eigenvalue weighted by Gasteiger charge is -2.19. The minimum absolute atomic E-state index is 0.0557. The topological polar surface area (TPSA) is 101 Å². The number of primary amides is 1. The fraction of sp³-hybridized carbons (Fsp3) is 0.0870. The summed E-state index contributed by atoms with van der Waals surface area (Å²) in [6.45, 7) is 0. The molecule has 3 amide bonds. The van der Waals surface area contributed by atoms with Crippen molar-refractivity contribution in [3.05, 3.63) is 102 Å². The number of nitrogens with one attached hydrogen (secondary N) is 2. The molecule has 0 fully saturated rings. The highest BCUT2D eigenvalue weighted by molar-refractivity contribution is 5.96. The Morgan fingerprint density at radius 3 is 1.93 bits per heavy atom. The maximum atomic E-state index is 12.6. The van der Waals surface area contributed by atoms with E-state index in [0.29, 0.717) is 16.8 Å². The number of amides is 3. The molecule has 0 aliphatic heterocycles. The minimum atomic E-state index is -0.532. The SMILES string of the molecule is NC(=O)c1ccc(NC(=O)C[C@@H](NC(=O)c2ccccc2)c2ccccc2)cc1. The zero-order valence-corrected chi connectivity index (χ0v) is 15.7. The Morgan fingerprint density at radius 2 is 1.34 bits per heavy atom. The van der Waals surface area contributed by atoms with Crippen LogP contribution in [-0.2, 0) is 4.79 Å². The van der Waals surface area contributed by atoms with Crippen LogP contribution in [0.25, 0.3) is 0 Å². The van der Waals surface area contributed by atoms with Crippen LogP contribution in [0.5, 0.6) is 0 Å². The number of benzene rings is 3.